The molecule has 3 heterocycles. The van der Waals surface area contributed by atoms with Gasteiger partial charge in [-0.05, 0) is 30.3 Å². The molecule has 4 rings (SSSR count). The lowest BCUT2D eigenvalue weighted by atomic mass is 10.0. The van der Waals surface area contributed by atoms with Crippen LogP contribution in [0, 0.1) is 0 Å². The Kier molecular flexibility index (Phi) is 4.54. The predicted molar refractivity (Wildman–Crippen MR) is 96.4 cm³/mol. The van der Waals surface area contributed by atoms with Crippen LogP contribution in [0.2, 0.25) is 5.02 Å². The van der Waals surface area contributed by atoms with E-state index in [2.05, 4.69) is 15.7 Å². The summed E-state index contributed by atoms with van der Waals surface area (Å²) in [5.41, 5.74) is 0.411. The van der Waals surface area contributed by atoms with Crippen molar-refractivity contribution in [3.8, 4) is 0 Å². The lowest BCUT2D eigenvalue weighted by molar-refractivity contribution is -0.174. The number of benzene rings is 1. The highest BCUT2D eigenvalue weighted by Gasteiger charge is 2.47. The fraction of sp³-hybridized carbons (Fsp3) is 0.222. The fourth-order valence-electron chi connectivity index (χ4n) is 3.17. The Hall–Kier alpha value is -2.94. The fourth-order valence-corrected chi connectivity index (χ4v) is 3.36. The zero-order valence-electron chi connectivity index (χ0n) is 14.2. The van der Waals surface area contributed by atoms with Crippen LogP contribution >= 0.6 is 11.6 Å². The standard InChI is InChI=1S/C18H14ClF3N4O2/c19-10-3-1-4-11(7-10)24-17(27)12-9-23-26-15(18(20,21)22)8-13(25-16(12)26)14-5-2-6-28-14/h1-7,9,13,15,25H,8H2,(H,24,27). The van der Waals surface area contributed by atoms with Gasteiger partial charge in [-0.25, -0.2) is 4.68 Å². The van der Waals surface area contributed by atoms with Crippen molar-refractivity contribution in [1.29, 1.82) is 0 Å². The number of anilines is 2. The molecule has 2 unspecified atom stereocenters. The van der Waals surface area contributed by atoms with Gasteiger partial charge in [0.1, 0.15) is 17.1 Å². The molecule has 0 radical (unpaired) electrons. The molecule has 0 spiro atoms. The number of nitrogens with one attached hydrogen (secondary N) is 2. The molecular weight excluding hydrogens is 397 g/mol. The summed E-state index contributed by atoms with van der Waals surface area (Å²) in [6.45, 7) is 0. The molecular formula is C18H14ClF3N4O2. The molecule has 10 heteroatoms. The van der Waals surface area contributed by atoms with Gasteiger partial charge in [-0.1, -0.05) is 17.7 Å². The van der Waals surface area contributed by atoms with Crippen molar-refractivity contribution in [3.05, 3.63) is 65.2 Å². The molecule has 1 aliphatic rings. The zero-order valence-corrected chi connectivity index (χ0v) is 15.0. The first kappa shape index (κ1) is 18.4. The van der Waals surface area contributed by atoms with Crippen LogP contribution in [0.4, 0.5) is 24.7 Å². The number of fused-ring (bicyclic) bond motifs is 1. The number of aromatic nitrogens is 2. The Labute approximate surface area is 162 Å². The minimum atomic E-state index is -4.53. The molecule has 146 valence electrons. The first-order valence-corrected chi connectivity index (χ1v) is 8.72. The second-order valence-corrected chi connectivity index (χ2v) is 6.76. The lowest BCUT2D eigenvalue weighted by Crippen LogP contribution is -2.36. The van der Waals surface area contributed by atoms with Gasteiger partial charge >= 0.3 is 6.18 Å². The molecule has 1 amide bonds. The maximum absolute atomic E-state index is 13.6. The first-order valence-electron chi connectivity index (χ1n) is 8.34. The highest BCUT2D eigenvalue weighted by Crippen LogP contribution is 2.44. The summed E-state index contributed by atoms with van der Waals surface area (Å²) in [5, 5.41) is 9.80. The molecule has 1 aliphatic heterocycles. The number of furan rings is 1. The Balaban J connectivity index is 1.68. The first-order chi connectivity index (χ1) is 13.3. The molecule has 2 N–H and O–H groups in total. The van der Waals surface area contributed by atoms with E-state index in [1.165, 1.54) is 12.3 Å². The molecule has 3 aromatic rings. The van der Waals surface area contributed by atoms with Gasteiger partial charge in [-0.15, -0.1) is 0 Å². The highest BCUT2D eigenvalue weighted by molar-refractivity contribution is 6.31. The molecule has 0 fully saturated rings. The average Bonchev–Trinajstić information content (AvgIpc) is 3.29. The summed E-state index contributed by atoms with van der Waals surface area (Å²) in [5.74, 6) is -0.269. The van der Waals surface area contributed by atoms with E-state index in [1.54, 1.807) is 30.3 Å². The number of carbonyl (C=O) groups is 1. The molecule has 0 aliphatic carbocycles. The van der Waals surface area contributed by atoms with E-state index in [0.29, 0.717) is 16.5 Å². The van der Waals surface area contributed by atoms with Crippen LogP contribution in [0.3, 0.4) is 0 Å². The Bertz CT molecular complexity index is 1000. The number of rotatable bonds is 3. The van der Waals surface area contributed by atoms with E-state index in [1.807, 2.05) is 0 Å². The van der Waals surface area contributed by atoms with Gasteiger partial charge in [0, 0.05) is 17.1 Å². The van der Waals surface area contributed by atoms with Crippen molar-refractivity contribution in [2.75, 3.05) is 10.6 Å². The summed E-state index contributed by atoms with van der Waals surface area (Å²) in [4.78, 5) is 12.7. The van der Waals surface area contributed by atoms with E-state index in [0.717, 1.165) is 10.9 Å². The molecule has 0 saturated heterocycles. The molecule has 0 saturated carbocycles. The van der Waals surface area contributed by atoms with Gasteiger partial charge in [0.2, 0.25) is 0 Å². The number of carbonyl (C=O) groups excluding carboxylic acids is 1. The zero-order chi connectivity index (χ0) is 19.9. The van der Waals surface area contributed by atoms with Crippen molar-refractivity contribution in [1.82, 2.24) is 9.78 Å². The van der Waals surface area contributed by atoms with Gasteiger partial charge in [-0.3, -0.25) is 4.79 Å². The minimum absolute atomic E-state index is 0.00881. The third-order valence-electron chi connectivity index (χ3n) is 4.45. The molecule has 2 aromatic heterocycles. The second-order valence-electron chi connectivity index (χ2n) is 6.32. The van der Waals surface area contributed by atoms with E-state index < -0.39 is 24.2 Å². The van der Waals surface area contributed by atoms with Crippen LogP contribution in [0.15, 0.2) is 53.3 Å². The topological polar surface area (TPSA) is 72.1 Å². The van der Waals surface area contributed by atoms with Gasteiger partial charge in [0.05, 0.1) is 18.5 Å². The van der Waals surface area contributed by atoms with Crippen LogP contribution in [0.25, 0.3) is 0 Å². The Morgan fingerprint density at radius 3 is 2.82 bits per heavy atom. The average molecular weight is 411 g/mol. The van der Waals surface area contributed by atoms with Gasteiger partial charge < -0.3 is 15.1 Å². The minimum Gasteiger partial charge on any atom is -0.467 e. The number of amides is 1. The maximum atomic E-state index is 13.6. The van der Waals surface area contributed by atoms with Crippen molar-refractivity contribution >= 4 is 29.0 Å². The van der Waals surface area contributed by atoms with Crippen LogP contribution in [0.1, 0.15) is 34.6 Å². The number of hydrogen-bond donors (Lipinski definition) is 2. The largest absolute Gasteiger partial charge is 0.467 e. The maximum Gasteiger partial charge on any atom is 0.410 e. The Morgan fingerprint density at radius 2 is 2.14 bits per heavy atom. The molecule has 1 aromatic carbocycles. The summed E-state index contributed by atoms with van der Waals surface area (Å²) in [6, 6.07) is 7.00. The van der Waals surface area contributed by atoms with Crippen LogP contribution in [-0.4, -0.2) is 21.9 Å². The van der Waals surface area contributed by atoms with Crippen molar-refractivity contribution in [2.45, 2.75) is 24.7 Å². The number of hydrogen-bond acceptors (Lipinski definition) is 4. The van der Waals surface area contributed by atoms with E-state index in [9.17, 15) is 18.0 Å². The van der Waals surface area contributed by atoms with E-state index in [4.69, 9.17) is 16.0 Å². The summed E-state index contributed by atoms with van der Waals surface area (Å²) in [6.07, 6.45) is -2.33. The van der Waals surface area contributed by atoms with E-state index >= 15 is 0 Å². The quantitative estimate of drug-likeness (QED) is 0.634. The normalized spacial score (nSPS) is 19.0. The van der Waals surface area contributed by atoms with Gasteiger partial charge in [-0.2, -0.15) is 18.3 Å². The van der Waals surface area contributed by atoms with Crippen LogP contribution in [-0.2, 0) is 0 Å². The molecule has 2 atom stereocenters. The van der Waals surface area contributed by atoms with Gasteiger partial charge in [0.25, 0.3) is 5.91 Å². The third kappa shape index (κ3) is 3.45. The van der Waals surface area contributed by atoms with Crippen molar-refractivity contribution in [3.63, 3.8) is 0 Å². The highest BCUT2D eigenvalue weighted by atomic mass is 35.5. The van der Waals surface area contributed by atoms with Crippen LogP contribution < -0.4 is 10.6 Å². The lowest BCUT2D eigenvalue weighted by Gasteiger charge is -2.32. The number of nitrogens with zero attached hydrogens (tertiary/aromatic N) is 2. The van der Waals surface area contributed by atoms with Crippen LogP contribution in [0.5, 0.6) is 0 Å². The second kappa shape index (κ2) is 6.90. The van der Waals surface area contributed by atoms with Crippen molar-refractivity contribution in [2.24, 2.45) is 0 Å². The van der Waals surface area contributed by atoms with E-state index in [-0.39, 0.29) is 17.8 Å². The SMILES string of the molecule is O=C(Nc1cccc(Cl)c1)c1cnn2c1NC(c1ccco1)CC2C(F)(F)F. The monoisotopic (exact) mass is 410 g/mol. The third-order valence-corrected chi connectivity index (χ3v) is 4.69. The summed E-state index contributed by atoms with van der Waals surface area (Å²) < 4.78 is 46.9. The Morgan fingerprint density at radius 1 is 1.32 bits per heavy atom. The number of alkyl halides is 3. The summed E-state index contributed by atoms with van der Waals surface area (Å²) >= 11 is 5.90. The molecule has 28 heavy (non-hydrogen) atoms. The smallest absolute Gasteiger partial charge is 0.410 e. The van der Waals surface area contributed by atoms with Gasteiger partial charge in [0.15, 0.2) is 6.04 Å². The number of halogens is 4. The molecule has 6 nitrogen and oxygen atoms in total. The molecule has 0 bridgehead atoms. The predicted octanol–water partition coefficient (Wildman–Crippen LogP) is 5.04. The van der Waals surface area contributed by atoms with Crippen molar-refractivity contribution < 1.29 is 22.4 Å². The summed E-state index contributed by atoms with van der Waals surface area (Å²) in [7, 11) is 0.